The summed E-state index contributed by atoms with van der Waals surface area (Å²) < 4.78 is 40.1. The molecule has 1 aromatic carbocycles. The molecule has 4 nitrogen and oxygen atoms in total. The van der Waals surface area contributed by atoms with Gasteiger partial charge in [-0.05, 0) is 37.0 Å². The van der Waals surface area contributed by atoms with E-state index in [-0.39, 0.29) is 33.6 Å². The monoisotopic (exact) mass is 362 g/mol. The summed E-state index contributed by atoms with van der Waals surface area (Å²) in [4.78, 5) is 12.5. The summed E-state index contributed by atoms with van der Waals surface area (Å²) in [5.41, 5.74) is -2.59. The van der Waals surface area contributed by atoms with Crippen LogP contribution in [0.4, 0.5) is 13.2 Å². The number of hydrogen-bond donors (Lipinski definition) is 1. The summed E-state index contributed by atoms with van der Waals surface area (Å²) in [6.07, 6.45) is -5.52. The number of carbonyl (C=O) groups is 1. The molecule has 1 heterocycles. The molecule has 0 unspecified atom stereocenters. The van der Waals surface area contributed by atoms with Crippen LogP contribution >= 0.6 is 11.6 Å². The van der Waals surface area contributed by atoms with Gasteiger partial charge < -0.3 is 5.11 Å². The highest BCUT2D eigenvalue weighted by molar-refractivity contribution is 6.31. The lowest BCUT2D eigenvalue weighted by molar-refractivity contribution is -0.297. The topological polar surface area (TPSA) is 52.9 Å². The Bertz CT molecular complexity index is 688. The fraction of sp³-hybridized carbons (Fsp3) is 0.500. The molecular weight excluding hydrogens is 345 g/mol. The van der Waals surface area contributed by atoms with E-state index in [4.69, 9.17) is 11.6 Å². The van der Waals surface area contributed by atoms with E-state index >= 15 is 0 Å². The number of rotatable bonds is 3. The molecule has 8 heteroatoms. The fourth-order valence-electron chi connectivity index (χ4n) is 2.49. The van der Waals surface area contributed by atoms with E-state index < -0.39 is 24.2 Å². The molecule has 0 spiro atoms. The Morgan fingerprint density at radius 1 is 1.46 bits per heavy atom. The highest BCUT2D eigenvalue weighted by atomic mass is 35.5. The van der Waals surface area contributed by atoms with Crippen LogP contribution in [0.15, 0.2) is 23.3 Å². The van der Waals surface area contributed by atoms with Crippen LogP contribution in [-0.4, -0.2) is 33.6 Å². The molecule has 24 heavy (non-hydrogen) atoms. The molecule has 0 aromatic heterocycles. The number of carbonyl (C=O) groups excluding carboxylic acids is 1. The van der Waals surface area contributed by atoms with E-state index in [1.165, 1.54) is 18.2 Å². The summed E-state index contributed by atoms with van der Waals surface area (Å²) in [5, 5.41) is 14.3. The molecule has 0 bridgehead atoms. The number of benzene rings is 1. The van der Waals surface area contributed by atoms with Gasteiger partial charge in [-0.15, -0.1) is 0 Å². The van der Waals surface area contributed by atoms with Crippen molar-refractivity contribution in [3.05, 3.63) is 34.3 Å². The normalized spacial score (nSPS) is 21.4. The summed E-state index contributed by atoms with van der Waals surface area (Å²) in [6, 6.07) is 4.15. The Hall–Kier alpha value is -1.60. The van der Waals surface area contributed by atoms with Gasteiger partial charge in [0.25, 0.3) is 11.6 Å². The molecule has 1 N–H and O–H groups in total. The van der Waals surface area contributed by atoms with Gasteiger partial charge in [0, 0.05) is 22.7 Å². The second kappa shape index (κ2) is 6.37. The maximum Gasteiger partial charge on any atom is 0.438 e. The zero-order valence-electron chi connectivity index (χ0n) is 13.5. The van der Waals surface area contributed by atoms with Gasteiger partial charge in [0.1, 0.15) is 0 Å². The maximum absolute atomic E-state index is 13.4. The zero-order chi connectivity index (χ0) is 18.3. The predicted molar refractivity (Wildman–Crippen MR) is 84.9 cm³/mol. The Morgan fingerprint density at radius 2 is 2.08 bits per heavy atom. The van der Waals surface area contributed by atoms with Crippen molar-refractivity contribution in [2.45, 2.75) is 45.5 Å². The molecule has 132 valence electrons. The minimum absolute atomic E-state index is 0.0464. The SMILES string of the molecule is Cc1ccc(C(=O)N2N=C(CC(C)C)C[C@]2(O)C(F)(F)F)cc1Cl. The molecule has 0 saturated heterocycles. The van der Waals surface area contributed by atoms with Crippen LogP contribution in [0.5, 0.6) is 0 Å². The molecule has 1 aromatic rings. The van der Waals surface area contributed by atoms with Gasteiger partial charge in [0.05, 0.1) is 0 Å². The van der Waals surface area contributed by atoms with E-state index in [9.17, 15) is 23.1 Å². The summed E-state index contributed by atoms with van der Waals surface area (Å²) in [6.45, 7) is 5.34. The largest absolute Gasteiger partial charge is 0.438 e. The number of amides is 1. The highest BCUT2D eigenvalue weighted by Gasteiger charge is 2.63. The first kappa shape index (κ1) is 18.7. The van der Waals surface area contributed by atoms with Crippen LogP contribution < -0.4 is 0 Å². The zero-order valence-corrected chi connectivity index (χ0v) is 14.2. The van der Waals surface area contributed by atoms with Crippen molar-refractivity contribution in [2.75, 3.05) is 0 Å². The Balaban J connectivity index is 2.43. The summed E-state index contributed by atoms with van der Waals surface area (Å²) in [5.74, 6) is -0.999. The van der Waals surface area contributed by atoms with Crippen LogP contribution in [0.25, 0.3) is 0 Å². The molecule has 2 rings (SSSR count). The van der Waals surface area contributed by atoms with Gasteiger partial charge in [-0.1, -0.05) is 31.5 Å². The fourth-order valence-corrected chi connectivity index (χ4v) is 2.67. The minimum atomic E-state index is -5.03. The smallest absolute Gasteiger partial charge is 0.362 e. The van der Waals surface area contributed by atoms with E-state index in [0.717, 1.165) is 0 Å². The first-order valence-corrected chi connectivity index (χ1v) is 7.79. The van der Waals surface area contributed by atoms with E-state index in [1.54, 1.807) is 6.92 Å². The van der Waals surface area contributed by atoms with Crippen molar-refractivity contribution < 1.29 is 23.1 Å². The van der Waals surface area contributed by atoms with Gasteiger partial charge in [-0.2, -0.15) is 23.3 Å². The van der Waals surface area contributed by atoms with Crippen LogP contribution in [-0.2, 0) is 0 Å². The van der Waals surface area contributed by atoms with Crippen LogP contribution in [0.2, 0.25) is 5.02 Å². The van der Waals surface area contributed by atoms with Crippen molar-refractivity contribution in [3.8, 4) is 0 Å². The molecule has 1 atom stereocenters. The van der Waals surface area contributed by atoms with E-state index in [2.05, 4.69) is 5.10 Å². The Morgan fingerprint density at radius 3 is 2.58 bits per heavy atom. The first-order chi connectivity index (χ1) is 11.0. The lowest BCUT2D eigenvalue weighted by Gasteiger charge is -2.32. The van der Waals surface area contributed by atoms with Gasteiger partial charge in [0.2, 0.25) is 0 Å². The highest BCUT2D eigenvalue weighted by Crippen LogP contribution is 2.42. The molecule has 1 aliphatic rings. The second-order valence-electron chi connectivity index (χ2n) is 6.34. The van der Waals surface area contributed by atoms with Crippen molar-refractivity contribution >= 4 is 23.2 Å². The predicted octanol–water partition coefficient (Wildman–Crippen LogP) is 4.15. The third-order valence-corrected chi connectivity index (χ3v) is 4.16. The third kappa shape index (κ3) is 3.42. The number of aryl methyl sites for hydroxylation is 1. The lowest BCUT2D eigenvalue weighted by atomic mass is 9.99. The molecule has 1 aliphatic heterocycles. The molecule has 0 saturated carbocycles. The van der Waals surface area contributed by atoms with Crippen molar-refractivity contribution in [1.29, 1.82) is 0 Å². The number of alkyl halides is 3. The minimum Gasteiger partial charge on any atom is -0.362 e. The summed E-state index contributed by atoms with van der Waals surface area (Å²) >= 11 is 5.93. The molecule has 0 radical (unpaired) electrons. The number of halogens is 4. The van der Waals surface area contributed by atoms with Crippen molar-refractivity contribution in [3.63, 3.8) is 0 Å². The van der Waals surface area contributed by atoms with Crippen LogP contribution in [0, 0.1) is 12.8 Å². The van der Waals surface area contributed by atoms with Gasteiger partial charge in [-0.25, -0.2) is 0 Å². The van der Waals surface area contributed by atoms with Crippen LogP contribution in [0.1, 0.15) is 42.6 Å². The molecule has 0 aliphatic carbocycles. The quantitative estimate of drug-likeness (QED) is 0.878. The number of hydrogen-bond acceptors (Lipinski definition) is 3. The van der Waals surface area contributed by atoms with E-state index in [0.29, 0.717) is 5.56 Å². The Kier molecular flexibility index (Phi) is 4.97. The molecule has 0 fully saturated rings. The number of nitrogens with zero attached hydrogens (tertiary/aromatic N) is 2. The molecule has 1 amide bonds. The number of hydrazone groups is 1. The second-order valence-corrected chi connectivity index (χ2v) is 6.74. The number of aliphatic hydroxyl groups is 1. The van der Waals surface area contributed by atoms with Gasteiger partial charge in [0.15, 0.2) is 0 Å². The van der Waals surface area contributed by atoms with E-state index in [1.807, 2.05) is 13.8 Å². The third-order valence-electron chi connectivity index (χ3n) is 3.75. The Labute approximate surface area is 142 Å². The van der Waals surface area contributed by atoms with Gasteiger partial charge >= 0.3 is 6.18 Å². The van der Waals surface area contributed by atoms with Gasteiger partial charge in [-0.3, -0.25) is 4.79 Å². The summed E-state index contributed by atoms with van der Waals surface area (Å²) in [7, 11) is 0. The standard InChI is InChI=1S/C16H18ClF3N2O2/c1-9(2)6-12-8-15(24,16(18,19)20)22(21-12)14(23)11-5-4-10(3)13(17)7-11/h4-5,7,9,24H,6,8H2,1-3H3/t15-/m0/s1. The lowest BCUT2D eigenvalue weighted by Crippen LogP contribution is -2.56. The molecular formula is C16H18ClF3N2O2. The average Bonchev–Trinajstić information content (AvgIpc) is 2.78. The van der Waals surface area contributed by atoms with Crippen molar-refractivity contribution in [1.82, 2.24) is 5.01 Å². The van der Waals surface area contributed by atoms with Crippen molar-refractivity contribution in [2.24, 2.45) is 11.0 Å². The average molecular weight is 363 g/mol. The van der Waals surface area contributed by atoms with Crippen LogP contribution in [0.3, 0.4) is 0 Å². The maximum atomic E-state index is 13.4. The first-order valence-electron chi connectivity index (χ1n) is 7.42.